The number of carbonyl (C=O) groups excluding carboxylic acids is 1. The van der Waals surface area contributed by atoms with Crippen LogP contribution in [0.25, 0.3) is 0 Å². The van der Waals surface area contributed by atoms with Gasteiger partial charge in [-0.1, -0.05) is 32.1 Å². The van der Waals surface area contributed by atoms with Gasteiger partial charge >= 0.3 is 5.97 Å². The Morgan fingerprint density at radius 1 is 1.32 bits per heavy atom. The van der Waals surface area contributed by atoms with E-state index in [1.807, 2.05) is 6.92 Å². The quantitative estimate of drug-likeness (QED) is 0.767. The highest BCUT2D eigenvalue weighted by molar-refractivity contribution is 5.79. The molecule has 5 nitrogen and oxygen atoms in total. The molecule has 0 amide bonds. The van der Waals surface area contributed by atoms with E-state index in [-0.39, 0.29) is 5.97 Å². The van der Waals surface area contributed by atoms with Gasteiger partial charge in [0.15, 0.2) is 0 Å². The summed E-state index contributed by atoms with van der Waals surface area (Å²) in [6.45, 7) is 5.10. The molecule has 3 N–H and O–H groups in total. The van der Waals surface area contributed by atoms with Gasteiger partial charge in [0.05, 0.1) is 6.61 Å². The number of ether oxygens (including phenoxy) is 1. The Bertz CT molecular complexity index is 279. The van der Waals surface area contributed by atoms with Gasteiger partial charge in [-0.2, -0.15) is 0 Å². The zero-order valence-electron chi connectivity index (χ0n) is 12.3. The second kappa shape index (κ2) is 8.91. The Labute approximate surface area is 115 Å². The van der Waals surface area contributed by atoms with Crippen LogP contribution in [0.4, 0.5) is 0 Å². The van der Waals surface area contributed by atoms with Crippen LogP contribution >= 0.6 is 0 Å². The van der Waals surface area contributed by atoms with Crippen molar-refractivity contribution >= 4 is 11.9 Å². The normalized spacial score (nSPS) is 18.7. The summed E-state index contributed by atoms with van der Waals surface area (Å²) in [6, 6.07) is 0. The molecule has 0 heterocycles. The van der Waals surface area contributed by atoms with E-state index in [0.29, 0.717) is 12.5 Å². The van der Waals surface area contributed by atoms with Crippen LogP contribution in [-0.2, 0) is 14.3 Å². The third kappa shape index (κ3) is 8.59. The fraction of sp³-hybridized carbons (Fsp3) is 0.857. The van der Waals surface area contributed by atoms with E-state index in [1.54, 1.807) is 6.92 Å². The van der Waals surface area contributed by atoms with Crippen molar-refractivity contribution in [2.24, 2.45) is 11.7 Å². The lowest BCUT2D eigenvalue weighted by Gasteiger charge is -2.29. The molecule has 5 heteroatoms. The van der Waals surface area contributed by atoms with E-state index in [0.717, 1.165) is 13.3 Å². The van der Waals surface area contributed by atoms with Gasteiger partial charge < -0.3 is 15.6 Å². The Hall–Kier alpha value is -1.10. The molecule has 1 aliphatic rings. The topological polar surface area (TPSA) is 89.6 Å². The van der Waals surface area contributed by atoms with Gasteiger partial charge in [-0.15, -0.1) is 0 Å². The van der Waals surface area contributed by atoms with E-state index < -0.39 is 11.5 Å². The van der Waals surface area contributed by atoms with Gasteiger partial charge in [-0.05, 0) is 26.2 Å². The molecular formula is C14H27NO4. The van der Waals surface area contributed by atoms with E-state index in [1.165, 1.54) is 32.1 Å². The lowest BCUT2D eigenvalue weighted by atomic mass is 9.80. The van der Waals surface area contributed by atoms with Crippen LogP contribution < -0.4 is 5.73 Å². The van der Waals surface area contributed by atoms with Gasteiger partial charge in [0.2, 0.25) is 0 Å². The van der Waals surface area contributed by atoms with Crippen LogP contribution in [0.5, 0.6) is 0 Å². The Balaban J connectivity index is 0.000000711. The Morgan fingerprint density at radius 2 is 1.79 bits per heavy atom. The number of hydrogen-bond acceptors (Lipinski definition) is 4. The van der Waals surface area contributed by atoms with Crippen molar-refractivity contribution in [3.63, 3.8) is 0 Å². The molecule has 0 radical (unpaired) electrons. The minimum Gasteiger partial charge on any atom is -0.481 e. The number of carboxylic acid groups (broad SMARTS) is 1. The predicted octanol–water partition coefficient (Wildman–Crippen LogP) is 2.33. The fourth-order valence-corrected chi connectivity index (χ4v) is 2.37. The summed E-state index contributed by atoms with van der Waals surface area (Å²) in [5.74, 6) is -0.478. The van der Waals surface area contributed by atoms with Crippen molar-refractivity contribution in [2.75, 3.05) is 6.61 Å². The molecule has 0 aromatic heterocycles. The first-order valence-corrected chi connectivity index (χ1v) is 6.95. The molecule has 1 rings (SSSR count). The molecule has 1 fully saturated rings. The third-order valence-corrected chi connectivity index (χ3v) is 3.18. The van der Waals surface area contributed by atoms with Crippen molar-refractivity contribution in [1.82, 2.24) is 0 Å². The number of carboxylic acids is 1. The van der Waals surface area contributed by atoms with E-state index in [4.69, 9.17) is 20.4 Å². The summed E-state index contributed by atoms with van der Waals surface area (Å²) >= 11 is 0. The van der Waals surface area contributed by atoms with Crippen LogP contribution in [0.2, 0.25) is 0 Å². The minimum atomic E-state index is -0.833. The minimum absolute atomic E-state index is 0.254. The first-order valence-electron chi connectivity index (χ1n) is 6.95. The smallest absolute Gasteiger partial charge is 0.325 e. The van der Waals surface area contributed by atoms with Crippen LogP contribution in [0.1, 0.15) is 59.3 Å². The van der Waals surface area contributed by atoms with Crippen LogP contribution in [-0.4, -0.2) is 29.2 Å². The number of aliphatic carboxylic acids is 1. The molecule has 0 spiro atoms. The molecule has 19 heavy (non-hydrogen) atoms. The summed E-state index contributed by atoms with van der Waals surface area (Å²) in [4.78, 5) is 20.6. The standard InChI is InChI=1S/C12H23NO2.C2H4O2/c1-3-15-11(14)12(2,13)9-10-7-5-4-6-8-10;1-2(3)4/h10H,3-9,13H2,1-2H3;1H3,(H,3,4). The van der Waals surface area contributed by atoms with Gasteiger partial charge in [0.25, 0.3) is 5.97 Å². The maximum atomic E-state index is 11.6. The zero-order valence-corrected chi connectivity index (χ0v) is 12.3. The van der Waals surface area contributed by atoms with Crippen LogP contribution in [0.15, 0.2) is 0 Å². The highest BCUT2D eigenvalue weighted by Crippen LogP contribution is 2.30. The molecule has 1 saturated carbocycles. The molecule has 1 atom stereocenters. The molecular weight excluding hydrogens is 246 g/mol. The lowest BCUT2D eigenvalue weighted by Crippen LogP contribution is -2.47. The summed E-state index contributed by atoms with van der Waals surface area (Å²) in [5, 5.41) is 7.42. The molecule has 112 valence electrons. The second-order valence-corrected chi connectivity index (χ2v) is 5.37. The molecule has 0 bridgehead atoms. The van der Waals surface area contributed by atoms with E-state index in [9.17, 15) is 4.79 Å². The fourth-order valence-electron chi connectivity index (χ4n) is 2.37. The maximum absolute atomic E-state index is 11.6. The third-order valence-electron chi connectivity index (χ3n) is 3.18. The van der Waals surface area contributed by atoms with Crippen LogP contribution in [0.3, 0.4) is 0 Å². The van der Waals surface area contributed by atoms with Gasteiger partial charge in [-0.25, -0.2) is 0 Å². The molecule has 0 aliphatic heterocycles. The Morgan fingerprint density at radius 3 is 2.21 bits per heavy atom. The molecule has 1 aliphatic carbocycles. The monoisotopic (exact) mass is 273 g/mol. The van der Waals surface area contributed by atoms with Gasteiger partial charge in [0, 0.05) is 6.92 Å². The predicted molar refractivity (Wildman–Crippen MR) is 73.7 cm³/mol. The average Bonchev–Trinajstić information content (AvgIpc) is 2.29. The van der Waals surface area contributed by atoms with Crippen molar-refractivity contribution in [3.8, 4) is 0 Å². The first-order chi connectivity index (χ1) is 8.79. The maximum Gasteiger partial charge on any atom is 0.325 e. The number of hydrogen-bond donors (Lipinski definition) is 2. The number of carbonyl (C=O) groups is 2. The van der Waals surface area contributed by atoms with Crippen LogP contribution in [0, 0.1) is 5.92 Å². The largest absolute Gasteiger partial charge is 0.481 e. The van der Waals surface area contributed by atoms with Crippen molar-refractivity contribution in [3.05, 3.63) is 0 Å². The SMILES string of the molecule is CC(=O)O.CCOC(=O)C(C)(N)CC1CCCCC1. The number of esters is 1. The molecule has 0 aromatic rings. The van der Waals surface area contributed by atoms with Gasteiger partial charge in [-0.3, -0.25) is 9.59 Å². The summed E-state index contributed by atoms with van der Waals surface area (Å²) in [7, 11) is 0. The summed E-state index contributed by atoms with van der Waals surface area (Å²) in [6.07, 6.45) is 7.09. The van der Waals surface area contributed by atoms with Gasteiger partial charge in [0.1, 0.15) is 5.54 Å². The Kier molecular flexibility index (Phi) is 8.39. The number of nitrogens with two attached hydrogens (primary N) is 1. The van der Waals surface area contributed by atoms with E-state index >= 15 is 0 Å². The van der Waals surface area contributed by atoms with E-state index in [2.05, 4.69) is 0 Å². The average molecular weight is 273 g/mol. The first kappa shape index (κ1) is 17.9. The summed E-state index contributed by atoms with van der Waals surface area (Å²) in [5.41, 5.74) is 5.21. The van der Waals surface area contributed by atoms with Crippen molar-refractivity contribution in [2.45, 2.75) is 64.8 Å². The molecule has 0 aromatic carbocycles. The zero-order chi connectivity index (χ0) is 14.9. The second-order valence-electron chi connectivity index (χ2n) is 5.37. The highest BCUT2D eigenvalue weighted by Gasteiger charge is 2.33. The van der Waals surface area contributed by atoms with Crippen molar-refractivity contribution in [1.29, 1.82) is 0 Å². The van der Waals surface area contributed by atoms with Crippen molar-refractivity contribution < 1.29 is 19.4 Å². The lowest BCUT2D eigenvalue weighted by molar-refractivity contribution is -0.149. The summed E-state index contributed by atoms with van der Waals surface area (Å²) < 4.78 is 4.98. The molecule has 1 unspecified atom stereocenters. The molecule has 0 saturated heterocycles. The number of rotatable bonds is 4. The highest BCUT2D eigenvalue weighted by atomic mass is 16.5.